The molecular weight excluding hydrogens is 374 g/mol. The molecule has 0 bridgehead atoms. The van der Waals surface area contributed by atoms with Crippen LogP contribution in [0.5, 0.6) is 0 Å². The maximum atomic E-state index is 12.3. The van der Waals surface area contributed by atoms with E-state index in [1.54, 1.807) is 18.2 Å². The predicted molar refractivity (Wildman–Crippen MR) is 96.6 cm³/mol. The summed E-state index contributed by atoms with van der Waals surface area (Å²) >= 11 is 5.90. The third-order valence-corrected chi connectivity index (χ3v) is 4.33. The van der Waals surface area contributed by atoms with Gasteiger partial charge < -0.3 is 5.32 Å². The average Bonchev–Trinajstić information content (AvgIpc) is 2.86. The van der Waals surface area contributed by atoms with Crippen LogP contribution in [-0.2, 0) is 11.2 Å². The van der Waals surface area contributed by atoms with Crippen molar-refractivity contribution in [2.45, 2.75) is 6.42 Å². The minimum Gasteiger partial charge on any atom is -0.354 e. The van der Waals surface area contributed by atoms with E-state index in [0.29, 0.717) is 18.0 Å². The molecule has 0 radical (unpaired) electrons. The van der Waals surface area contributed by atoms with Gasteiger partial charge in [0.05, 0.1) is 16.1 Å². The Morgan fingerprint density at radius 2 is 1.85 bits per heavy atom. The Balaban J connectivity index is 1.60. The normalized spacial score (nSPS) is 12.9. The molecule has 1 aliphatic heterocycles. The van der Waals surface area contributed by atoms with E-state index in [1.807, 2.05) is 6.07 Å². The summed E-state index contributed by atoms with van der Waals surface area (Å²) in [6.45, 7) is -0.135. The number of nitrogens with one attached hydrogen (secondary N) is 1. The monoisotopic (exact) mass is 387 g/mol. The number of imide groups is 1. The van der Waals surface area contributed by atoms with Crippen molar-refractivity contribution in [3.8, 4) is 0 Å². The number of carbonyl (C=O) groups excluding carboxylic acids is 3. The number of hydrogen-bond acceptors (Lipinski definition) is 5. The molecule has 3 amide bonds. The van der Waals surface area contributed by atoms with Crippen LogP contribution in [0.4, 0.5) is 5.69 Å². The van der Waals surface area contributed by atoms with Crippen LogP contribution in [0.1, 0.15) is 26.3 Å². The molecule has 2 aromatic carbocycles. The minimum atomic E-state index is -0.719. The largest absolute Gasteiger partial charge is 0.354 e. The zero-order valence-electron chi connectivity index (χ0n) is 14.0. The maximum absolute atomic E-state index is 12.3. The molecule has 1 aliphatic rings. The number of nitro benzene ring substituents is 1. The maximum Gasteiger partial charge on any atom is 0.270 e. The average molecular weight is 388 g/mol. The van der Waals surface area contributed by atoms with Crippen molar-refractivity contribution in [1.29, 1.82) is 0 Å². The highest BCUT2D eigenvalue weighted by atomic mass is 35.5. The highest BCUT2D eigenvalue weighted by Gasteiger charge is 2.37. The van der Waals surface area contributed by atoms with Crippen LogP contribution in [0.25, 0.3) is 0 Å². The van der Waals surface area contributed by atoms with Gasteiger partial charge in [0.15, 0.2) is 0 Å². The molecule has 1 N–H and O–H groups in total. The molecule has 0 atom stereocenters. The van der Waals surface area contributed by atoms with Crippen molar-refractivity contribution >= 4 is 35.0 Å². The summed E-state index contributed by atoms with van der Waals surface area (Å²) in [4.78, 5) is 47.7. The first-order chi connectivity index (χ1) is 12.9. The topological polar surface area (TPSA) is 110 Å². The number of benzene rings is 2. The lowest BCUT2D eigenvalue weighted by molar-refractivity contribution is -0.384. The van der Waals surface area contributed by atoms with Crippen LogP contribution in [0.3, 0.4) is 0 Å². The van der Waals surface area contributed by atoms with Gasteiger partial charge in [0.2, 0.25) is 5.91 Å². The standard InChI is InChI=1S/C18H14ClN3O5/c19-12-3-1-2-11(8-12)6-7-20-16(23)10-21-17(24)14-5-4-13(22(26)27)9-15(14)18(21)25/h1-5,8-9H,6-7,10H2,(H,20,23). The summed E-state index contributed by atoms with van der Waals surface area (Å²) in [7, 11) is 0. The van der Waals surface area contributed by atoms with Gasteiger partial charge in [-0.3, -0.25) is 29.4 Å². The number of rotatable bonds is 6. The molecular formula is C18H14ClN3O5. The van der Waals surface area contributed by atoms with Crippen molar-refractivity contribution < 1.29 is 19.3 Å². The van der Waals surface area contributed by atoms with Crippen molar-refractivity contribution in [1.82, 2.24) is 10.2 Å². The lowest BCUT2D eigenvalue weighted by Gasteiger charge is -2.13. The zero-order chi connectivity index (χ0) is 19.6. The van der Waals surface area contributed by atoms with Gasteiger partial charge in [0.1, 0.15) is 6.54 Å². The first-order valence-corrected chi connectivity index (χ1v) is 8.40. The second kappa shape index (κ2) is 7.55. The van der Waals surface area contributed by atoms with Gasteiger partial charge in [0.25, 0.3) is 17.5 Å². The van der Waals surface area contributed by atoms with Crippen LogP contribution in [-0.4, -0.2) is 40.6 Å². The van der Waals surface area contributed by atoms with E-state index in [9.17, 15) is 24.5 Å². The fourth-order valence-corrected chi connectivity index (χ4v) is 2.99. The Labute approximate surface area is 158 Å². The zero-order valence-corrected chi connectivity index (χ0v) is 14.7. The van der Waals surface area contributed by atoms with Crippen LogP contribution in [0.15, 0.2) is 42.5 Å². The molecule has 0 saturated carbocycles. The van der Waals surface area contributed by atoms with Crippen molar-refractivity contribution in [2.24, 2.45) is 0 Å². The Morgan fingerprint density at radius 3 is 2.56 bits per heavy atom. The molecule has 0 unspecified atom stereocenters. The predicted octanol–water partition coefficient (Wildman–Crippen LogP) is 2.20. The lowest BCUT2D eigenvalue weighted by Crippen LogP contribution is -2.40. The Morgan fingerprint density at radius 1 is 1.11 bits per heavy atom. The van der Waals surface area contributed by atoms with Gasteiger partial charge in [-0.15, -0.1) is 0 Å². The summed E-state index contributed by atoms with van der Waals surface area (Å²) in [6.07, 6.45) is 0.542. The second-order valence-electron chi connectivity index (χ2n) is 5.91. The third kappa shape index (κ3) is 3.95. The van der Waals surface area contributed by atoms with E-state index in [2.05, 4.69) is 5.32 Å². The SMILES string of the molecule is O=C(CN1C(=O)c2ccc([N+](=O)[O-])cc2C1=O)NCCc1cccc(Cl)c1. The molecule has 9 heteroatoms. The lowest BCUT2D eigenvalue weighted by atomic mass is 10.1. The van der Waals surface area contributed by atoms with Gasteiger partial charge in [-0.1, -0.05) is 23.7 Å². The quantitative estimate of drug-likeness (QED) is 0.464. The second-order valence-corrected chi connectivity index (χ2v) is 6.35. The summed E-state index contributed by atoms with van der Waals surface area (Å²) in [6, 6.07) is 10.6. The summed E-state index contributed by atoms with van der Waals surface area (Å²) in [5, 5.41) is 14.1. The van der Waals surface area contributed by atoms with Gasteiger partial charge in [-0.25, -0.2) is 0 Å². The molecule has 27 heavy (non-hydrogen) atoms. The van der Waals surface area contributed by atoms with E-state index < -0.39 is 29.2 Å². The molecule has 2 aromatic rings. The van der Waals surface area contributed by atoms with Gasteiger partial charge in [-0.2, -0.15) is 0 Å². The van der Waals surface area contributed by atoms with Crippen molar-refractivity contribution in [3.05, 3.63) is 74.3 Å². The van der Waals surface area contributed by atoms with Crippen LogP contribution in [0, 0.1) is 10.1 Å². The first-order valence-electron chi connectivity index (χ1n) is 8.02. The van der Waals surface area contributed by atoms with E-state index in [1.165, 1.54) is 6.07 Å². The van der Waals surface area contributed by atoms with Crippen molar-refractivity contribution in [3.63, 3.8) is 0 Å². The van der Waals surface area contributed by atoms with Gasteiger partial charge >= 0.3 is 0 Å². The number of halogens is 1. The molecule has 138 valence electrons. The Kier molecular flexibility index (Phi) is 5.18. The van der Waals surface area contributed by atoms with E-state index in [-0.39, 0.29) is 16.8 Å². The smallest absolute Gasteiger partial charge is 0.270 e. The Hall–Kier alpha value is -3.26. The first kappa shape index (κ1) is 18.5. The fraction of sp³-hybridized carbons (Fsp3) is 0.167. The highest BCUT2D eigenvalue weighted by molar-refractivity contribution is 6.30. The number of fused-ring (bicyclic) bond motifs is 1. The summed E-state index contributed by atoms with van der Waals surface area (Å²) < 4.78 is 0. The fourth-order valence-electron chi connectivity index (χ4n) is 2.77. The minimum absolute atomic E-state index is 0.0531. The van der Waals surface area contributed by atoms with Crippen LogP contribution < -0.4 is 5.32 Å². The molecule has 0 fully saturated rings. The molecule has 1 heterocycles. The molecule has 0 spiro atoms. The van der Waals surface area contributed by atoms with E-state index in [4.69, 9.17) is 11.6 Å². The number of non-ortho nitro benzene ring substituents is 1. The number of nitrogens with zero attached hydrogens (tertiary/aromatic N) is 2. The number of amides is 3. The van der Waals surface area contributed by atoms with Crippen molar-refractivity contribution in [2.75, 3.05) is 13.1 Å². The van der Waals surface area contributed by atoms with Crippen LogP contribution >= 0.6 is 11.6 Å². The van der Waals surface area contributed by atoms with E-state index in [0.717, 1.165) is 22.6 Å². The van der Waals surface area contributed by atoms with Gasteiger partial charge in [-0.05, 0) is 30.2 Å². The Bertz CT molecular complexity index is 960. The summed E-state index contributed by atoms with van der Waals surface area (Å²) in [5.74, 6) is -1.86. The number of carbonyl (C=O) groups is 3. The molecule has 0 aromatic heterocycles. The number of hydrogen-bond donors (Lipinski definition) is 1. The van der Waals surface area contributed by atoms with E-state index >= 15 is 0 Å². The molecule has 0 saturated heterocycles. The van der Waals surface area contributed by atoms with Gasteiger partial charge in [0, 0.05) is 23.7 Å². The summed E-state index contributed by atoms with van der Waals surface area (Å²) in [5.41, 5.74) is 0.636. The third-order valence-electron chi connectivity index (χ3n) is 4.09. The molecule has 3 rings (SSSR count). The molecule has 0 aliphatic carbocycles. The highest BCUT2D eigenvalue weighted by Crippen LogP contribution is 2.26. The van der Waals surface area contributed by atoms with Crippen LogP contribution in [0.2, 0.25) is 5.02 Å². The molecule has 8 nitrogen and oxygen atoms in total. The number of nitro groups is 1.